The van der Waals surface area contributed by atoms with Gasteiger partial charge in [0.25, 0.3) is 0 Å². The molecule has 0 unspecified atom stereocenters. The number of hydrogen-bond donors (Lipinski definition) is 3. The normalized spacial score (nSPS) is 10.9. The van der Waals surface area contributed by atoms with Crippen LogP contribution in [0, 0.1) is 0 Å². The van der Waals surface area contributed by atoms with Crippen LogP contribution in [0.3, 0.4) is 0 Å². The van der Waals surface area contributed by atoms with Crippen molar-refractivity contribution >= 4 is 28.3 Å². The molecule has 1 aromatic carbocycles. The number of rotatable bonds is 5. The van der Waals surface area contributed by atoms with Gasteiger partial charge in [-0.3, -0.25) is 9.59 Å². The number of nitrogens with zero attached hydrogens (tertiary/aromatic N) is 1. The van der Waals surface area contributed by atoms with Crippen molar-refractivity contribution in [1.29, 1.82) is 0 Å². The molecule has 3 aromatic rings. The highest BCUT2D eigenvalue weighted by Crippen LogP contribution is 2.24. The van der Waals surface area contributed by atoms with Gasteiger partial charge in [0.2, 0.25) is 5.91 Å². The lowest BCUT2D eigenvalue weighted by molar-refractivity contribution is -0.114. The van der Waals surface area contributed by atoms with E-state index in [9.17, 15) is 14.7 Å². The Morgan fingerprint density at radius 1 is 1.25 bits per heavy atom. The molecule has 0 atom stereocenters. The molecule has 0 saturated heterocycles. The van der Waals surface area contributed by atoms with E-state index in [2.05, 4.69) is 10.3 Å². The zero-order chi connectivity index (χ0) is 17.3. The number of anilines is 1. The summed E-state index contributed by atoms with van der Waals surface area (Å²) in [6.45, 7) is 3.54. The van der Waals surface area contributed by atoms with Crippen LogP contribution < -0.4 is 5.32 Å². The first kappa shape index (κ1) is 15.9. The number of amides is 1. The minimum absolute atomic E-state index is 0.0526. The molecule has 0 aliphatic carbocycles. The molecule has 1 amide bonds. The molecule has 6 heteroatoms. The third-order valence-corrected chi connectivity index (χ3v) is 3.95. The average Bonchev–Trinajstić information content (AvgIpc) is 3.08. The zero-order valence-corrected chi connectivity index (χ0v) is 13.6. The Morgan fingerprint density at radius 2 is 2.04 bits per heavy atom. The maximum Gasteiger partial charge on any atom is 0.221 e. The predicted molar refractivity (Wildman–Crippen MR) is 92.4 cm³/mol. The molecular formula is C18H19N3O3. The minimum atomic E-state index is -0.172. The third kappa shape index (κ3) is 3.17. The largest absolute Gasteiger partial charge is 0.508 e. The summed E-state index contributed by atoms with van der Waals surface area (Å²) in [5, 5.41) is 13.3. The van der Waals surface area contributed by atoms with E-state index in [1.807, 2.05) is 16.8 Å². The van der Waals surface area contributed by atoms with Gasteiger partial charge in [-0.1, -0.05) is 0 Å². The van der Waals surface area contributed by atoms with Crippen molar-refractivity contribution in [3.05, 3.63) is 47.9 Å². The minimum Gasteiger partial charge on any atom is -0.508 e. The number of nitrogens with one attached hydrogen (secondary N) is 2. The summed E-state index contributed by atoms with van der Waals surface area (Å²) in [5.41, 5.74) is 3.19. The third-order valence-electron chi connectivity index (χ3n) is 3.95. The Labute approximate surface area is 139 Å². The van der Waals surface area contributed by atoms with Gasteiger partial charge in [-0.15, -0.1) is 0 Å². The summed E-state index contributed by atoms with van der Waals surface area (Å²) >= 11 is 0. The van der Waals surface area contributed by atoms with Gasteiger partial charge in [0.15, 0.2) is 5.78 Å². The number of carbonyl (C=O) groups excluding carboxylic acids is 2. The molecule has 0 aliphatic heterocycles. The first-order valence-electron chi connectivity index (χ1n) is 7.71. The molecule has 2 heterocycles. The SMILES string of the molecule is CC(=O)Nc1cc(C(C)=O)n(CCc2c[nH]c3ccc(O)cc23)c1. The van der Waals surface area contributed by atoms with Crippen LogP contribution in [-0.4, -0.2) is 26.3 Å². The molecule has 2 aromatic heterocycles. The predicted octanol–water partition coefficient (Wildman–Crippen LogP) is 3.08. The lowest BCUT2D eigenvalue weighted by Gasteiger charge is -2.06. The summed E-state index contributed by atoms with van der Waals surface area (Å²) in [5.74, 6) is -0.000729. The van der Waals surface area contributed by atoms with E-state index in [1.54, 1.807) is 24.4 Å². The number of aromatic nitrogens is 2. The number of phenolic OH excluding ortho intramolecular Hbond substituents is 1. The number of Topliss-reactive ketones (excluding diaryl/α,β-unsaturated/α-hetero) is 1. The van der Waals surface area contributed by atoms with Crippen LogP contribution in [0.15, 0.2) is 36.7 Å². The molecule has 24 heavy (non-hydrogen) atoms. The van der Waals surface area contributed by atoms with E-state index < -0.39 is 0 Å². The Bertz CT molecular complexity index is 921. The van der Waals surface area contributed by atoms with Crippen molar-refractivity contribution in [3.8, 4) is 5.75 Å². The van der Waals surface area contributed by atoms with Gasteiger partial charge < -0.3 is 20.0 Å². The first-order chi connectivity index (χ1) is 11.4. The van der Waals surface area contributed by atoms with E-state index in [0.717, 1.165) is 16.5 Å². The van der Waals surface area contributed by atoms with Gasteiger partial charge in [-0.25, -0.2) is 0 Å². The van der Waals surface area contributed by atoms with Crippen LogP contribution in [0.2, 0.25) is 0 Å². The average molecular weight is 325 g/mol. The van der Waals surface area contributed by atoms with Gasteiger partial charge in [-0.2, -0.15) is 0 Å². The molecule has 3 rings (SSSR count). The number of ketones is 1. The second-order valence-electron chi connectivity index (χ2n) is 5.84. The summed E-state index contributed by atoms with van der Waals surface area (Å²) in [6, 6.07) is 6.89. The highest BCUT2D eigenvalue weighted by molar-refractivity contribution is 5.96. The van der Waals surface area contributed by atoms with Crippen LogP contribution in [0.1, 0.15) is 29.9 Å². The van der Waals surface area contributed by atoms with Crippen LogP contribution in [0.4, 0.5) is 5.69 Å². The van der Waals surface area contributed by atoms with Gasteiger partial charge >= 0.3 is 0 Å². The second kappa shape index (κ2) is 6.23. The van der Waals surface area contributed by atoms with Crippen molar-refractivity contribution in [3.63, 3.8) is 0 Å². The van der Waals surface area contributed by atoms with Crippen molar-refractivity contribution in [2.45, 2.75) is 26.8 Å². The smallest absolute Gasteiger partial charge is 0.221 e. The second-order valence-corrected chi connectivity index (χ2v) is 5.84. The molecule has 0 fully saturated rings. The summed E-state index contributed by atoms with van der Waals surface area (Å²) in [6.07, 6.45) is 4.37. The molecule has 6 nitrogen and oxygen atoms in total. The summed E-state index contributed by atoms with van der Waals surface area (Å²) in [4.78, 5) is 26.2. The van der Waals surface area contributed by atoms with E-state index in [-0.39, 0.29) is 17.4 Å². The van der Waals surface area contributed by atoms with E-state index in [1.165, 1.54) is 13.8 Å². The number of H-pyrrole nitrogens is 1. The van der Waals surface area contributed by atoms with Gasteiger partial charge in [0.05, 0.1) is 11.4 Å². The quantitative estimate of drug-likeness (QED) is 0.630. The highest BCUT2D eigenvalue weighted by Gasteiger charge is 2.12. The summed E-state index contributed by atoms with van der Waals surface area (Å²) < 4.78 is 1.84. The van der Waals surface area contributed by atoms with Crippen molar-refractivity contribution < 1.29 is 14.7 Å². The maximum absolute atomic E-state index is 11.8. The fourth-order valence-corrected chi connectivity index (χ4v) is 2.88. The number of aryl methyl sites for hydroxylation is 2. The number of benzene rings is 1. The number of aromatic amines is 1. The number of fused-ring (bicyclic) bond motifs is 1. The zero-order valence-electron chi connectivity index (χ0n) is 13.6. The molecule has 0 aliphatic rings. The van der Waals surface area contributed by atoms with E-state index >= 15 is 0 Å². The van der Waals surface area contributed by atoms with Gasteiger partial charge in [0, 0.05) is 43.7 Å². The Hall–Kier alpha value is -3.02. The summed E-state index contributed by atoms with van der Waals surface area (Å²) in [7, 11) is 0. The van der Waals surface area contributed by atoms with Crippen LogP contribution in [0.5, 0.6) is 5.75 Å². The first-order valence-corrected chi connectivity index (χ1v) is 7.71. The number of carbonyl (C=O) groups is 2. The van der Waals surface area contributed by atoms with Gasteiger partial charge in [0.1, 0.15) is 5.75 Å². The van der Waals surface area contributed by atoms with E-state index in [4.69, 9.17) is 0 Å². The Balaban J connectivity index is 1.85. The molecule has 0 spiro atoms. The van der Waals surface area contributed by atoms with Crippen molar-refractivity contribution in [2.24, 2.45) is 0 Å². The fraction of sp³-hybridized carbons (Fsp3) is 0.222. The Kier molecular flexibility index (Phi) is 4.12. The van der Waals surface area contributed by atoms with Gasteiger partial charge in [-0.05, 0) is 36.2 Å². The fourth-order valence-electron chi connectivity index (χ4n) is 2.88. The Morgan fingerprint density at radius 3 is 2.75 bits per heavy atom. The molecular weight excluding hydrogens is 306 g/mol. The monoisotopic (exact) mass is 325 g/mol. The lowest BCUT2D eigenvalue weighted by Crippen LogP contribution is -2.07. The van der Waals surface area contributed by atoms with Crippen molar-refractivity contribution in [1.82, 2.24) is 9.55 Å². The maximum atomic E-state index is 11.8. The standard InChI is InChI=1S/C18H19N3O3/c1-11(22)18-7-14(20-12(2)23)10-21(18)6-5-13-9-19-17-4-3-15(24)8-16(13)17/h3-4,7-10,19,24H,5-6H2,1-2H3,(H,20,23). The highest BCUT2D eigenvalue weighted by atomic mass is 16.3. The molecule has 0 bridgehead atoms. The number of phenols is 1. The van der Waals surface area contributed by atoms with Crippen LogP contribution in [0.25, 0.3) is 10.9 Å². The lowest BCUT2D eigenvalue weighted by atomic mass is 10.1. The van der Waals surface area contributed by atoms with E-state index in [0.29, 0.717) is 24.3 Å². The topological polar surface area (TPSA) is 87.1 Å². The van der Waals surface area contributed by atoms with Crippen molar-refractivity contribution in [2.75, 3.05) is 5.32 Å². The number of hydrogen-bond acceptors (Lipinski definition) is 3. The molecule has 124 valence electrons. The van der Waals surface area contributed by atoms with Crippen LogP contribution in [-0.2, 0) is 17.8 Å². The molecule has 0 saturated carbocycles. The number of aromatic hydroxyl groups is 1. The molecule has 0 radical (unpaired) electrons. The van der Waals surface area contributed by atoms with Crippen LogP contribution >= 0.6 is 0 Å². The molecule has 3 N–H and O–H groups in total.